The Hall–Kier alpha value is -6.88. The van der Waals surface area contributed by atoms with Gasteiger partial charge in [-0.05, 0) is 76.9 Å². The second kappa shape index (κ2) is 12.4. The van der Waals surface area contributed by atoms with Crippen LogP contribution in [0.5, 0.6) is 0 Å². The van der Waals surface area contributed by atoms with E-state index in [1.165, 1.54) is 31.2 Å². The van der Waals surface area contributed by atoms with E-state index in [-0.39, 0.29) is 29.7 Å². The standard InChI is InChI=1S/C50H32N2OS/c1-3-14-33(15-4-1)34-28-30-37(31-29-34)51(45-26-13-23-41-40-20-8-10-27-46(40)53-48(41)45)38-19-11-16-35(32-38)39-22-12-24-43-47-50(54-49(39)43)42-21-7-9-25-44(42)52(47)36-17-5-2-6-18-36/h1-32H/i1D,3D,4D,14D,15D. The minimum atomic E-state index is -0.411. The number of rotatable bonds is 6. The molecule has 0 bridgehead atoms. The predicted molar refractivity (Wildman–Crippen MR) is 229 cm³/mol. The van der Waals surface area contributed by atoms with E-state index in [1.54, 1.807) is 0 Å². The Labute approximate surface area is 323 Å². The zero-order valence-electron chi connectivity index (χ0n) is 33.8. The van der Waals surface area contributed by atoms with Crippen LogP contribution in [0.4, 0.5) is 17.1 Å². The fourth-order valence-corrected chi connectivity index (χ4v) is 9.24. The second-order valence-corrected chi connectivity index (χ2v) is 14.4. The van der Waals surface area contributed by atoms with Crippen LogP contribution in [0.2, 0.25) is 0 Å². The molecule has 4 heteroatoms. The Bertz CT molecular complexity index is 3430. The zero-order valence-corrected chi connectivity index (χ0v) is 29.6. The number of fused-ring (bicyclic) bond motifs is 8. The Morgan fingerprint density at radius 1 is 0.519 bits per heavy atom. The predicted octanol–water partition coefficient (Wildman–Crippen LogP) is 14.7. The summed E-state index contributed by atoms with van der Waals surface area (Å²) in [6, 6.07) is 54.4. The maximum atomic E-state index is 8.61. The van der Waals surface area contributed by atoms with Gasteiger partial charge < -0.3 is 13.9 Å². The van der Waals surface area contributed by atoms with Crippen molar-refractivity contribution in [3.8, 4) is 27.9 Å². The summed E-state index contributed by atoms with van der Waals surface area (Å²) in [5, 5.41) is 4.44. The highest BCUT2D eigenvalue weighted by Gasteiger charge is 2.22. The first-order valence-electron chi connectivity index (χ1n) is 20.4. The normalized spacial score (nSPS) is 13.0. The minimum Gasteiger partial charge on any atom is -0.454 e. The van der Waals surface area contributed by atoms with Gasteiger partial charge in [0.15, 0.2) is 5.58 Å². The lowest BCUT2D eigenvalue weighted by Crippen LogP contribution is -2.10. The Balaban J connectivity index is 1.11. The van der Waals surface area contributed by atoms with Gasteiger partial charge in [0, 0.05) is 43.3 Å². The van der Waals surface area contributed by atoms with Crippen molar-refractivity contribution in [2.45, 2.75) is 0 Å². The van der Waals surface area contributed by atoms with Crippen LogP contribution < -0.4 is 4.90 Å². The third-order valence-electron chi connectivity index (χ3n) is 10.3. The fourth-order valence-electron chi connectivity index (χ4n) is 7.88. The van der Waals surface area contributed by atoms with Gasteiger partial charge in [0.05, 0.1) is 28.3 Å². The van der Waals surface area contributed by atoms with E-state index in [2.05, 4.69) is 125 Å². The highest BCUT2D eigenvalue weighted by atomic mass is 32.1. The molecular formula is C50H32N2OS. The van der Waals surface area contributed by atoms with Crippen LogP contribution in [0.3, 0.4) is 0 Å². The van der Waals surface area contributed by atoms with Gasteiger partial charge in [-0.2, -0.15) is 0 Å². The van der Waals surface area contributed by atoms with Crippen molar-refractivity contribution in [1.82, 2.24) is 4.57 Å². The molecule has 0 saturated heterocycles. The van der Waals surface area contributed by atoms with E-state index in [4.69, 9.17) is 11.3 Å². The number of nitrogens with zero attached hydrogens (tertiary/aromatic N) is 2. The van der Waals surface area contributed by atoms with E-state index in [1.807, 2.05) is 59.9 Å². The van der Waals surface area contributed by atoms with Crippen LogP contribution in [0, 0.1) is 0 Å². The van der Waals surface area contributed by atoms with Crippen molar-refractivity contribution in [3.05, 3.63) is 194 Å². The molecule has 0 N–H and O–H groups in total. The van der Waals surface area contributed by atoms with Gasteiger partial charge in [-0.15, -0.1) is 11.3 Å². The first kappa shape index (κ1) is 26.0. The van der Waals surface area contributed by atoms with Crippen molar-refractivity contribution in [3.63, 3.8) is 0 Å². The topological polar surface area (TPSA) is 21.3 Å². The first-order chi connectivity index (χ1) is 28.9. The summed E-state index contributed by atoms with van der Waals surface area (Å²) in [5.41, 5.74) is 10.5. The molecule has 54 heavy (non-hydrogen) atoms. The molecule has 3 heterocycles. The molecular weight excluding hydrogens is 677 g/mol. The number of benzene rings is 8. The molecule has 0 aliphatic rings. The molecule has 3 aromatic heterocycles. The molecule has 8 aromatic carbocycles. The number of hydrogen-bond donors (Lipinski definition) is 0. The summed E-state index contributed by atoms with van der Waals surface area (Å²) in [4.78, 5) is 2.17. The lowest BCUT2D eigenvalue weighted by Gasteiger charge is -2.26. The molecule has 0 unspecified atom stereocenters. The van der Waals surface area contributed by atoms with E-state index in [9.17, 15) is 0 Å². The number of furan rings is 1. The summed E-state index contributed by atoms with van der Waals surface area (Å²) >= 11 is 1.83. The van der Waals surface area contributed by atoms with Gasteiger partial charge in [-0.3, -0.25) is 0 Å². The lowest BCUT2D eigenvalue weighted by atomic mass is 10.0. The van der Waals surface area contributed by atoms with E-state index in [0.717, 1.165) is 55.8 Å². The minimum absolute atomic E-state index is 0.167. The van der Waals surface area contributed by atoms with Crippen LogP contribution in [-0.4, -0.2) is 4.57 Å². The number of para-hydroxylation sites is 4. The summed E-state index contributed by atoms with van der Waals surface area (Å²) < 4.78 is 53.3. The highest BCUT2D eigenvalue weighted by molar-refractivity contribution is 7.27. The Morgan fingerprint density at radius 3 is 2.11 bits per heavy atom. The zero-order chi connectivity index (χ0) is 39.9. The van der Waals surface area contributed by atoms with Crippen molar-refractivity contribution in [2.75, 3.05) is 4.90 Å². The lowest BCUT2D eigenvalue weighted by molar-refractivity contribution is 0.669. The molecule has 0 aliphatic heterocycles. The molecule has 11 rings (SSSR count). The van der Waals surface area contributed by atoms with Crippen molar-refractivity contribution in [1.29, 1.82) is 0 Å². The molecule has 0 saturated carbocycles. The summed E-state index contributed by atoms with van der Waals surface area (Å²) in [7, 11) is 0. The third kappa shape index (κ3) is 4.81. The van der Waals surface area contributed by atoms with Crippen LogP contribution in [0.15, 0.2) is 198 Å². The van der Waals surface area contributed by atoms with Gasteiger partial charge in [-0.1, -0.05) is 139 Å². The molecule has 0 spiro atoms. The second-order valence-electron chi connectivity index (χ2n) is 13.3. The van der Waals surface area contributed by atoms with Crippen LogP contribution in [0.1, 0.15) is 6.85 Å². The van der Waals surface area contributed by atoms with Gasteiger partial charge >= 0.3 is 0 Å². The van der Waals surface area contributed by atoms with E-state index in [0.29, 0.717) is 5.56 Å². The highest BCUT2D eigenvalue weighted by Crippen LogP contribution is 2.47. The Morgan fingerprint density at radius 2 is 1.24 bits per heavy atom. The van der Waals surface area contributed by atoms with Crippen molar-refractivity contribution < 1.29 is 11.3 Å². The average Bonchev–Trinajstić information content (AvgIpc) is 3.96. The van der Waals surface area contributed by atoms with E-state index >= 15 is 0 Å². The van der Waals surface area contributed by atoms with Gasteiger partial charge in [0.25, 0.3) is 0 Å². The molecule has 254 valence electrons. The molecule has 0 radical (unpaired) electrons. The summed E-state index contributed by atoms with van der Waals surface area (Å²) in [6.07, 6.45) is 0. The summed E-state index contributed by atoms with van der Waals surface area (Å²) in [5.74, 6) is 0. The first-order valence-corrected chi connectivity index (χ1v) is 18.7. The van der Waals surface area contributed by atoms with E-state index < -0.39 is 6.04 Å². The molecule has 0 aliphatic carbocycles. The molecule has 0 atom stereocenters. The van der Waals surface area contributed by atoms with Crippen LogP contribution in [-0.2, 0) is 0 Å². The van der Waals surface area contributed by atoms with Crippen LogP contribution >= 0.6 is 11.3 Å². The van der Waals surface area contributed by atoms with Gasteiger partial charge in [-0.25, -0.2) is 0 Å². The number of hydrogen-bond acceptors (Lipinski definition) is 3. The quantitative estimate of drug-likeness (QED) is 0.171. The number of aromatic nitrogens is 1. The van der Waals surface area contributed by atoms with Crippen molar-refractivity contribution in [2.24, 2.45) is 0 Å². The number of thiophene rings is 1. The maximum absolute atomic E-state index is 8.61. The van der Waals surface area contributed by atoms with Crippen LogP contribution in [0.25, 0.3) is 81.1 Å². The molecule has 11 aromatic rings. The third-order valence-corrected chi connectivity index (χ3v) is 11.5. The number of anilines is 3. The van der Waals surface area contributed by atoms with Gasteiger partial charge in [0.2, 0.25) is 0 Å². The SMILES string of the molecule is [2H]c1c([2H])c([2H])c(-c2ccc(N(c3cccc(-c4cccc5c4sc4c6ccccc6n(-c6ccccc6)c54)c3)c3cccc4c3oc3ccccc34)cc2)c([2H])c1[2H]. The largest absolute Gasteiger partial charge is 0.454 e. The maximum Gasteiger partial charge on any atom is 0.159 e. The summed E-state index contributed by atoms with van der Waals surface area (Å²) in [6.45, 7) is 0. The monoisotopic (exact) mass is 713 g/mol. The average molecular weight is 714 g/mol. The molecule has 3 nitrogen and oxygen atoms in total. The smallest absolute Gasteiger partial charge is 0.159 e. The van der Waals surface area contributed by atoms with Gasteiger partial charge in [0.1, 0.15) is 5.58 Å². The molecule has 0 amide bonds. The fraction of sp³-hybridized carbons (Fsp3) is 0. The molecule has 0 fully saturated rings. The van der Waals surface area contributed by atoms with Crippen molar-refractivity contribution >= 4 is 81.5 Å². The Kier molecular flexibility index (Phi) is 5.95.